The number of carbonyl (C=O) groups is 7. The first-order valence-electron chi connectivity index (χ1n) is 14.9. The van der Waals surface area contributed by atoms with E-state index in [1.54, 1.807) is 12.1 Å². The van der Waals surface area contributed by atoms with E-state index in [1.165, 1.54) is 31.2 Å². The third-order valence-corrected chi connectivity index (χ3v) is 7.98. The molecule has 5 rings (SSSR count). The SMILES string of the molecule is C[C@H](NC(=O)c1ccc2c(c1)B(O)OC2)[C@H](NC(=O)c1ccc2c(c1)B(O)OC2)C(=O)N[C@@H](CC(N)=O)CC(=O)ON1C(=O)CCC1=O. The molecule has 0 spiro atoms. The number of nitrogens with two attached hydrogens (primary N) is 1. The van der Waals surface area contributed by atoms with Gasteiger partial charge in [0.1, 0.15) is 6.04 Å². The van der Waals surface area contributed by atoms with Crippen molar-refractivity contribution in [2.75, 3.05) is 0 Å². The van der Waals surface area contributed by atoms with Gasteiger partial charge in [0.2, 0.25) is 11.8 Å². The number of carbonyl (C=O) groups excluding carboxylic acids is 7. The maximum Gasteiger partial charge on any atom is 0.491 e. The van der Waals surface area contributed by atoms with Crippen LogP contribution in [0.1, 0.15) is 64.4 Å². The van der Waals surface area contributed by atoms with E-state index in [9.17, 15) is 43.6 Å². The average molecular weight is 663 g/mol. The van der Waals surface area contributed by atoms with Crippen LogP contribution in [-0.2, 0) is 51.3 Å². The number of nitrogens with one attached hydrogen (secondary N) is 3. The molecule has 3 atom stereocenters. The molecule has 3 heterocycles. The van der Waals surface area contributed by atoms with Crippen LogP contribution in [0.4, 0.5) is 0 Å². The molecule has 7 N–H and O–H groups in total. The van der Waals surface area contributed by atoms with Gasteiger partial charge in [0.05, 0.1) is 25.7 Å². The maximum absolute atomic E-state index is 13.7. The summed E-state index contributed by atoms with van der Waals surface area (Å²) in [5.41, 5.74) is 7.64. The van der Waals surface area contributed by atoms with Gasteiger partial charge in [-0.25, -0.2) is 4.79 Å². The quantitative estimate of drug-likeness (QED) is 0.0952. The first-order chi connectivity index (χ1) is 22.8. The summed E-state index contributed by atoms with van der Waals surface area (Å²) in [6.07, 6.45) is -1.54. The molecule has 0 aromatic heterocycles. The smallest absolute Gasteiger partial charge is 0.423 e. The highest BCUT2D eigenvalue weighted by molar-refractivity contribution is 6.62. The Labute approximate surface area is 273 Å². The molecule has 19 heteroatoms. The van der Waals surface area contributed by atoms with Crippen LogP contribution in [0, 0.1) is 0 Å². The molecular formula is C29H31B2N5O12. The fourth-order valence-electron chi connectivity index (χ4n) is 5.43. The summed E-state index contributed by atoms with van der Waals surface area (Å²) < 4.78 is 10.3. The van der Waals surface area contributed by atoms with Gasteiger partial charge in [-0.3, -0.25) is 28.8 Å². The zero-order valence-electron chi connectivity index (χ0n) is 25.6. The highest BCUT2D eigenvalue weighted by atomic mass is 16.7. The van der Waals surface area contributed by atoms with Crippen LogP contribution >= 0.6 is 0 Å². The van der Waals surface area contributed by atoms with Crippen LogP contribution in [0.5, 0.6) is 0 Å². The van der Waals surface area contributed by atoms with Crippen molar-refractivity contribution in [2.45, 2.75) is 63.9 Å². The molecule has 6 amide bonds. The molecule has 0 aliphatic carbocycles. The van der Waals surface area contributed by atoms with Crippen LogP contribution < -0.4 is 32.6 Å². The van der Waals surface area contributed by atoms with E-state index in [0.29, 0.717) is 27.1 Å². The van der Waals surface area contributed by atoms with E-state index in [2.05, 4.69) is 16.0 Å². The van der Waals surface area contributed by atoms with E-state index in [1.807, 2.05) is 0 Å². The standard InChI is InChI=1S/C29H31B2N5O12/c1-14(33-27(41)15-2-4-17-12-46-30(44)20(17)8-15)26(35-28(42)16-3-5-18-13-47-31(45)21(18)9-16)29(43)34-19(10-22(32)37)11-25(40)48-36-23(38)6-7-24(36)39/h2-5,8-9,14,19,26,44-45H,6-7,10-13H2,1H3,(H2,32,37)(H,33,41)(H,34,43)(H,35,42)/t14-,19-,26-/m0/s1. The lowest BCUT2D eigenvalue weighted by atomic mass is 9.78. The zero-order valence-corrected chi connectivity index (χ0v) is 25.6. The van der Waals surface area contributed by atoms with Gasteiger partial charge in [0.15, 0.2) is 0 Å². The molecule has 0 unspecified atom stereocenters. The van der Waals surface area contributed by atoms with Crippen molar-refractivity contribution in [3.8, 4) is 0 Å². The third kappa shape index (κ3) is 7.71. The van der Waals surface area contributed by atoms with Crippen LogP contribution in [0.2, 0.25) is 0 Å². The monoisotopic (exact) mass is 663 g/mol. The first-order valence-corrected chi connectivity index (χ1v) is 14.9. The lowest BCUT2D eigenvalue weighted by Gasteiger charge is -2.27. The van der Waals surface area contributed by atoms with Crippen LogP contribution in [0.15, 0.2) is 36.4 Å². The molecule has 0 bridgehead atoms. The number of primary amides is 1. The summed E-state index contributed by atoms with van der Waals surface area (Å²) in [5.74, 6) is -5.86. The summed E-state index contributed by atoms with van der Waals surface area (Å²) in [4.78, 5) is 93.4. The number of imide groups is 1. The molecule has 3 aliphatic rings. The molecule has 2 aromatic carbocycles. The van der Waals surface area contributed by atoms with Crippen molar-refractivity contribution in [3.05, 3.63) is 58.7 Å². The summed E-state index contributed by atoms with van der Waals surface area (Å²) in [6.45, 7) is 1.73. The van der Waals surface area contributed by atoms with Gasteiger partial charge in [-0.2, -0.15) is 0 Å². The number of hydrogen-bond acceptors (Lipinski definition) is 12. The first kappa shape index (κ1) is 34.2. The second-order valence-corrected chi connectivity index (χ2v) is 11.5. The number of benzene rings is 2. The van der Waals surface area contributed by atoms with Gasteiger partial charge in [-0.15, -0.1) is 5.06 Å². The van der Waals surface area contributed by atoms with Crippen molar-refractivity contribution in [1.82, 2.24) is 21.0 Å². The molecule has 48 heavy (non-hydrogen) atoms. The third-order valence-electron chi connectivity index (χ3n) is 7.98. The number of amides is 6. The minimum atomic E-state index is -1.52. The van der Waals surface area contributed by atoms with E-state index in [-0.39, 0.29) is 37.2 Å². The van der Waals surface area contributed by atoms with Crippen molar-refractivity contribution in [3.63, 3.8) is 0 Å². The second-order valence-electron chi connectivity index (χ2n) is 11.5. The zero-order chi connectivity index (χ0) is 34.7. The highest BCUT2D eigenvalue weighted by Gasteiger charge is 2.36. The molecule has 17 nitrogen and oxygen atoms in total. The van der Waals surface area contributed by atoms with Crippen LogP contribution in [0.25, 0.3) is 0 Å². The van der Waals surface area contributed by atoms with Gasteiger partial charge < -0.3 is 45.9 Å². The fraction of sp³-hybridized carbons (Fsp3) is 0.345. The largest absolute Gasteiger partial charge is 0.491 e. The Morgan fingerprint density at radius 3 is 1.90 bits per heavy atom. The lowest BCUT2D eigenvalue weighted by Crippen LogP contribution is -2.59. The summed E-state index contributed by atoms with van der Waals surface area (Å²) in [6, 6.07) is 5.03. The Hall–Kier alpha value is -5.10. The molecule has 3 aliphatic heterocycles. The highest BCUT2D eigenvalue weighted by Crippen LogP contribution is 2.16. The lowest BCUT2D eigenvalue weighted by molar-refractivity contribution is -0.197. The predicted octanol–water partition coefficient (Wildman–Crippen LogP) is -3.60. The minimum Gasteiger partial charge on any atom is -0.423 e. The van der Waals surface area contributed by atoms with Gasteiger partial charge in [0.25, 0.3) is 23.6 Å². The molecule has 0 saturated carbocycles. The van der Waals surface area contributed by atoms with Crippen LogP contribution in [-0.4, -0.2) is 88.9 Å². The van der Waals surface area contributed by atoms with Crippen LogP contribution in [0.3, 0.4) is 0 Å². The Balaban J connectivity index is 1.34. The molecule has 0 radical (unpaired) electrons. The van der Waals surface area contributed by atoms with Gasteiger partial charge in [-0.1, -0.05) is 12.1 Å². The number of hydrogen-bond donors (Lipinski definition) is 6. The van der Waals surface area contributed by atoms with E-state index in [4.69, 9.17) is 19.9 Å². The number of nitrogens with zero attached hydrogens (tertiary/aromatic N) is 1. The van der Waals surface area contributed by atoms with Crippen molar-refractivity contribution < 1.29 is 57.8 Å². The van der Waals surface area contributed by atoms with Crippen molar-refractivity contribution >= 4 is 66.6 Å². The fourth-order valence-corrected chi connectivity index (χ4v) is 5.43. The molecule has 2 aromatic rings. The van der Waals surface area contributed by atoms with Crippen molar-refractivity contribution in [1.29, 1.82) is 0 Å². The van der Waals surface area contributed by atoms with E-state index in [0.717, 1.165) is 0 Å². The Morgan fingerprint density at radius 2 is 1.38 bits per heavy atom. The molecular weight excluding hydrogens is 632 g/mol. The van der Waals surface area contributed by atoms with E-state index >= 15 is 0 Å². The van der Waals surface area contributed by atoms with E-state index < -0.39 is 86.6 Å². The maximum atomic E-state index is 13.7. The number of rotatable bonds is 12. The summed E-state index contributed by atoms with van der Waals surface area (Å²) in [5, 5.41) is 28.1. The van der Waals surface area contributed by atoms with Crippen molar-refractivity contribution in [2.24, 2.45) is 5.73 Å². The average Bonchev–Trinajstić information content (AvgIpc) is 3.70. The molecule has 1 fully saturated rings. The van der Waals surface area contributed by atoms with Gasteiger partial charge in [-0.05, 0) is 53.2 Å². The molecule has 250 valence electrons. The minimum absolute atomic E-state index is 0.0550. The number of fused-ring (bicyclic) bond motifs is 2. The Kier molecular flexibility index (Phi) is 10.2. The molecule has 1 saturated heterocycles. The van der Waals surface area contributed by atoms with Gasteiger partial charge >= 0.3 is 20.2 Å². The second kappa shape index (κ2) is 14.3. The topological polar surface area (TPSA) is 253 Å². The predicted molar refractivity (Wildman–Crippen MR) is 163 cm³/mol. The van der Waals surface area contributed by atoms with Gasteiger partial charge in [0, 0.05) is 36.4 Å². The summed E-state index contributed by atoms with van der Waals surface area (Å²) >= 11 is 0. The number of hydroxylamine groups is 2. The summed E-state index contributed by atoms with van der Waals surface area (Å²) in [7, 11) is -2.46. The Bertz CT molecular complexity index is 1670. The Morgan fingerprint density at radius 1 is 0.854 bits per heavy atom. The normalized spacial score (nSPS) is 16.9.